The first-order valence-corrected chi connectivity index (χ1v) is 8.44. The smallest absolute Gasteiger partial charge is 0.326 e. The molecule has 1 fully saturated rings. The van der Waals surface area contributed by atoms with Crippen LogP contribution in [-0.2, 0) is 17.0 Å². The van der Waals surface area contributed by atoms with Crippen molar-refractivity contribution < 1.29 is 19.8 Å². The monoisotopic (exact) mass is 313 g/mol. The molecule has 1 aromatic heterocycles. The van der Waals surface area contributed by atoms with Gasteiger partial charge in [-0.25, -0.2) is 4.79 Å². The maximum Gasteiger partial charge on any atom is 0.326 e. The van der Waals surface area contributed by atoms with Crippen molar-refractivity contribution in [3.05, 3.63) is 21.4 Å². The average molecular weight is 313 g/mol. The molecular weight excluding hydrogens is 298 g/mol. The Morgan fingerprint density at radius 3 is 2.90 bits per heavy atom. The molecule has 20 heavy (non-hydrogen) atoms. The first kappa shape index (κ1) is 13.9. The number of hydrogen-bond acceptors (Lipinski definition) is 5. The second kappa shape index (κ2) is 5.38. The topological polar surface area (TPSA) is 77.8 Å². The lowest BCUT2D eigenvalue weighted by atomic mass is 10.2. The SMILES string of the molecule is O=C(O)[C@H]1C[C@@H](O)CN1C(=O)c1cc2c(s1)CCSC2. The van der Waals surface area contributed by atoms with Crippen LogP contribution in [0.1, 0.15) is 26.5 Å². The van der Waals surface area contributed by atoms with Crippen LogP contribution in [0.4, 0.5) is 0 Å². The molecule has 2 aliphatic rings. The average Bonchev–Trinajstić information content (AvgIpc) is 3.01. The summed E-state index contributed by atoms with van der Waals surface area (Å²) in [5.74, 6) is 0.677. The van der Waals surface area contributed by atoms with Crippen LogP contribution in [0.25, 0.3) is 0 Å². The molecule has 0 unspecified atom stereocenters. The normalized spacial score (nSPS) is 25.6. The summed E-state index contributed by atoms with van der Waals surface area (Å²) >= 11 is 3.31. The molecule has 0 bridgehead atoms. The van der Waals surface area contributed by atoms with Gasteiger partial charge in [0.1, 0.15) is 6.04 Å². The fourth-order valence-corrected chi connectivity index (χ4v) is 4.99. The number of fused-ring (bicyclic) bond motifs is 1. The zero-order valence-corrected chi connectivity index (χ0v) is 12.4. The molecule has 0 saturated carbocycles. The quantitative estimate of drug-likeness (QED) is 0.858. The predicted octanol–water partition coefficient (Wildman–Crippen LogP) is 1.20. The number of amides is 1. The summed E-state index contributed by atoms with van der Waals surface area (Å²) in [6, 6.07) is 0.976. The fraction of sp³-hybridized carbons (Fsp3) is 0.538. The largest absolute Gasteiger partial charge is 0.480 e. The number of aliphatic hydroxyl groups is 1. The number of rotatable bonds is 2. The van der Waals surface area contributed by atoms with Crippen LogP contribution in [0.3, 0.4) is 0 Å². The van der Waals surface area contributed by atoms with Gasteiger partial charge in [0, 0.05) is 23.6 Å². The van der Waals surface area contributed by atoms with E-state index in [1.54, 1.807) is 0 Å². The summed E-state index contributed by atoms with van der Waals surface area (Å²) in [5, 5.41) is 18.8. The molecule has 5 nitrogen and oxygen atoms in total. The molecule has 2 N–H and O–H groups in total. The van der Waals surface area contributed by atoms with Gasteiger partial charge in [0.05, 0.1) is 11.0 Å². The Hall–Kier alpha value is -1.05. The van der Waals surface area contributed by atoms with E-state index in [2.05, 4.69) is 0 Å². The van der Waals surface area contributed by atoms with E-state index in [4.69, 9.17) is 5.11 Å². The molecule has 0 aliphatic carbocycles. The number of hydrogen-bond donors (Lipinski definition) is 2. The third-order valence-corrected chi connectivity index (χ3v) is 5.90. The molecule has 2 aliphatic heterocycles. The molecule has 1 amide bonds. The predicted molar refractivity (Wildman–Crippen MR) is 77.3 cm³/mol. The zero-order chi connectivity index (χ0) is 14.3. The van der Waals surface area contributed by atoms with Crippen molar-refractivity contribution >= 4 is 35.0 Å². The van der Waals surface area contributed by atoms with Crippen LogP contribution in [0.5, 0.6) is 0 Å². The molecule has 7 heteroatoms. The number of carbonyl (C=O) groups is 2. The van der Waals surface area contributed by atoms with Gasteiger partial charge in [-0.05, 0) is 23.8 Å². The van der Waals surface area contributed by atoms with Gasteiger partial charge in [0.2, 0.25) is 0 Å². The summed E-state index contributed by atoms with van der Waals surface area (Å²) in [5.41, 5.74) is 1.20. The summed E-state index contributed by atoms with van der Waals surface area (Å²) < 4.78 is 0. The number of carboxylic acids is 1. The second-order valence-corrected chi connectivity index (χ2v) is 7.30. The number of aryl methyl sites for hydroxylation is 1. The number of likely N-dealkylation sites (tertiary alicyclic amines) is 1. The highest BCUT2D eigenvalue weighted by Crippen LogP contribution is 2.33. The molecule has 0 spiro atoms. The van der Waals surface area contributed by atoms with Crippen LogP contribution in [-0.4, -0.2) is 51.4 Å². The number of carbonyl (C=O) groups excluding carboxylic acids is 1. The lowest BCUT2D eigenvalue weighted by Crippen LogP contribution is -2.40. The van der Waals surface area contributed by atoms with Crippen LogP contribution >= 0.6 is 23.1 Å². The van der Waals surface area contributed by atoms with Gasteiger partial charge in [-0.3, -0.25) is 4.79 Å². The minimum Gasteiger partial charge on any atom is -0.480 e. The maximum atomic E-state index is 12.5. The number of nitrogens with zero attached hydrogens (tertiary/aromatic N) is 1. The number of aliphatic hydroxyl groups excluding tert-OH is 1. The van der Waals surface area contributed by atoms with Gasteiger partial charge in [0.25, 0.3) is 5.91 Å². The number of carboxylic acid groups (broad SMARTS) is 1. The summed E-state index contributed by atoms with van der Waals surface area (Å²) in [6.07, 6.45) is 0.343. The Morgan fingerprint density at radius 2 is 2.20 bits per heavy atom. The van der Waals surface area contributed by atoms with Crippen molar-refractivity contribution in [1.29, 1.82) is 0 Å². The Morgan fingerprint density at radius 1 is 1.40 bits per heavy atom. The Labute approximate surface area is 124 Å². The first-order valence-electron chi connectivity index (χ1n) is 6.47. The van der Waals surface area contributed by atoms with E-state index in [-0.39, 0.29) is 18.9 Å². The van der Waals surface area contributed by atoms with Crippen LogP contribution in [0, 0.1) is 0 Å². The van der Waals surface area contributed by atoms with E-state index in [0.29, 0.717) is 4.88 Å². The summed E-state index contributed by atoms with van der Waals surface area (Å²) in [7, 11) is 0. The van der Waals surface area contributed by atoms with Gasteiger partial charge in [-0.2, -0.15) is 11.8 Å². The molecule has 0 aromatic carbocycles. The van der Waals surface area contributed by atoms with Crippen molar-refractivity contribution in [2.45, 2.75) is 30.7 Å². The fourth-order valence-electron chi connectivity index (χ4n) is 2.67. The lowest BCUT2D eigenvalue weighted by molar-refractivity contribution is -0.141. The standard InChI is InChI=1S/C13H15NO4S2/c15-8-4-9(13(17)18)14(5-8)12(16)11-3-7-6-19-2-1-10(7)20-11/h3,8-9,15H,1-2,4-6H2,(H,17,18)/t8-,9-/m1/s1. The van der Waals surface area contributed by atoms with E-state index in [1.807, 2.05) is 17.8 Å². The minimum absolute atomic E-state index is 0.104. The zero-order valence-electron chi connectivity index (χ0n) is 10.7. The van der Waals surface area contributed by atoms with Crippen LogP contribution in [0.2, 0.25) is 0 Å². The highest BCUT2D eigenvalue weighted by molar-refractivity contribution is 7.98. The molecule has 0 radical (unpaired) electrons. The van der Waals surface area contributed by atoms with E-state index < -0.39 is 18.1 Å². The van der Waals surface area contributed by atoms with E-state index in [9.17, 15) is 14.7 Å². The number of thioether (sulfide) groups is 1. The second-order valence-electron chi connectivity index (χ2n) is 5.06. The molecule has 3 heterocycles. The van der Waals surface area contributed by atoms with E-state index in [1.165, 1.54) is 26.7 Å². The maximum absolute atomic E-state index is 12.5. The molecule has 1 aromatic rings. The highest BCUT2D eigenvalue weighted by atomic mass is 32.2. The number of aliphatic carboxylic acids is 1. The Balaban J connectivity index is 1.84. The number of thiophene rings is 1. The van der Waals surface area contributed by atoms with Crippen molar-refractivity contribution in [3.63, 3.8) is 0 Å². The molecule has 3 rings (SSSR count). The van der Waals surface area contributed by atoms with Gasteiger partial charge < -0.3 is 15.1 Å². The van der Waals surface area contributed by atoms with E-state index >= 15 is 0 Å². The van der Waals surface area contributed by atoms with Crippen LogP contribution < -0.4 is 0 Å². The summed E-state index contributed by atoms with van der Waals surface area (Å²) in [6.45, 7) is 0.104. The Bertz CT molecular complexity index is 533. The first-order chi connectivity index (χ1) is 9.56. The molecule has 2 atom stereocenters. The third-order valence-electron chi connectivity index (χ3n) is 3.66. The van der Waals surface area contributed by atoms with Crippen LogP contribution in [0.15, 0.2) is 6.07 Å². The highest BCUT2D eigenvalue weighted by Gasteiger charge is 2.39. The summed E-state index contributed by atoms with van der Waals surface area (Å²) in [4.78, 5) is 26.8. The number of β-amino-alcohol motifs (C(OH)–C–C–N with tert-alkyl or cyclic N) is 1. The van der Waals surface area contributed by atoms with Crippen molar-refractivity contribution in [3.8, 4) is 0 Å². The minimum atomic E-state index is -1.05. The van der Waals surface area contributed by atoms with Gasteiger partial charge in [0.15, 0.2) is 0 Å². The van der Waals surface area contributed by atoms with E-state index in [0.717, 1.165) is 17.9 Å². The van der Waals surface area contributed by atoms with Crippen molar-refractivity contribution in [2.75, 3.05) is 12.3 Å². The molecule has 1 saturated heterocycles. The van der Waals surface area contributed by atoms with Gasteiger partial charge in [-0.1, -0.05) is 0 Å². The molecule has 108 valence electrons. The third kappa shape index (κ3) is 2.45. The lowest BCUT2D eigenvalue weighted by Gasteiger charge is -2.20. The Kier molecular flexibility index (Phi) is 3.74. The van der Waals surface area contributed by atoms with Gasteiger partial charge in [-0.15, -0.1) is 11.3 Å². The molecular formula is C13H15NO4S2. The van der Waals surface area contributed by atoms with Crippen molar-refractivity contribution in [2.24, 2.45) is 0 Å². The van der Waals surface area contributed by atoms with Gasteiger partial charge >= 0.3 is 5.97 Å². The van der Waals surface area contributed by atoms with Crippen molar-refractivity contribution in [1.82, 2.24) is 4.90 Å².